The van der Waals surface area contributed by atoms with Crippen LogP contribution in [0.1, 0.15) is 5.69 Å². The predicted octanol–water partition coefficient (Wildman–Crippen LogP) is 2.33. The van der Waals surface area contributed by atoms with E-state index in [2.05, 4.69) is 15.3 Å². The fourth-order valence-corrected chi connectivity index (χ4v) is 2.67. The monoisotopic (exact) mass is 274 g/mol. The van der Waals surface area contributed by atoms with Gasteiger partial charge < -0.3 is 15.0 Å². The number of nitrogen functional groups attached to an aromatic ring is 1. The average molecular weight is 274 g/mol. The van der Waals surface area contributed by atoms with Gasteiger partial charge in [0.05, 0.1) is 29.3 Å². The van der Waals surface area contributed by atoms with E-state index in [1.807, 2.05) is 28.3 Å². The topological polar surface area (TPSA) is 66.0 Å². The second-order valence-electron chi connectivity index (χ2n) is 4.21. The Hall–Kier alpha value is -2.08. The Bertz CT molecular complexity index is 690. The largest absolute Gasteiger partial charge is 0.497 e. The lowest BCUT2D eigenvalue weighted by molar-refractivity contribution is 0.415. The van der Waals surface area contributed by atoms with Crippen LogP contribution in [-0.2, 0) is 13.0 Å². The standard InChI is InChI=1S/C13H14N4OS/c1-18-10-2-3-12-11(6-10)16-13(14)17(12)5-4-9-7-19-8-15-9/h2-3,6-8H,4-5H2,1H3,(H2,14,16). The smallest absolute Gasteiger partial charge is 0.201 e. The molecule has 3 rings (SSSR count). The van der Waals surface area contributed by atoms with Crippen molar-refractivity contribution in [3.8, 4) is 5.75 Å². The minimum Gasteiger partial charge on any atom is -0.497 e. The van der Waals surface area contributed by atoms with Crippen molar-refractivity contribution in [1.82, 2.24) is 14.5 Å². The number of hydrogen-bond donors (Lipinski definition) is 1. The minimum atomic E-state index is 0.526. The third-order valence-electron chi connectivity index (χ3n) is 3.06. The van der Waals surface area contributed by atoms with E-state index in [0.29, 0.717) is 5.95 Å². The van der Waals surface area contributed by atoms with Crippen LogP contribution in [0.2, 0.25) is 0 Å². The van der Waals surface area contributed by atoms with Crippen LogP contribution in [0.3, 0.4) is 0 Å². The molecule has 0 saturated carbocycles. The Kier molecular flexibility index (Phi) is 3.08. The highest BCUT2D eigenvalue weighted by molar-refractivity contribution is 7.07. The van der Waals surface area contributed by atoms with Gasteiger partial charge in [-0.1, -0.05) is 0 Å². The maximum absolute atomic E-state index is 5.98. The first kappa shape index (κ1) is 12.0. The SMILES string of the molecule is COc1ccc2c(c1)nc(N)n2CCc1cscn1. The molecule has 2 N–H and O–H groups in total. The Morgan fingerprint density at radius 2 is 2.32 bits per heavy atom. The number of aromatic nitrogens is 3. The maximum atomic E-state index is 5.98. The molecule has 0 spiro atoms. The summed E-state index contributed by atoms with van der Waals surface area (Å²) in [7, 11) is 1.64. The molecule has 2 heterocycles. The van der Waals surface area contributed by atoms with Crippen LogP contribution in [0, 0.1) is 0 Å². The summed E-state index contributed by atoms with van der Waals surface area (Å²) in [5.74, 6) is 1.31. The van der Waals surface area contributed by atoms with Gasteiger partial charge in [0.25, 0.3) is 0 Å². The fraction of sp³-hybridized carbons (Fsp3) is 0.231. The molecule has 6 heteroatoms. The van der Waals surface area contributed by atoms with Gasteiger partial charge in [-0.3, -0.25) is 0 Å². The molecule has 0 radical (unpaired) electrons. The molecule has 19 heavy (non-hydrogen) atoms. The minimum absolute atomic E-state index is 0.526. The lowest BCUT2D eigenvalue weighted by Gasteiger charge is -2.05. The van der Waals surface area contributed by atoms with Gasteiger partial charge in [-0.2, -0.15) is 0 Å². The Labute approximate surface area is 114 Å². The quantitative estimate of drug-likeness (QED) is 0.793. The summed E-state index contributed by atoms with van der Waals surface area (Å²) >= 11 is 1.61. The van der Waals surface area contributed by atoms with Crippen molar-refractivity contribution in [3.05, 3.63) is 34.8 Å². The normalized spacial score (nSPS) is 11.0. The molecule has 0 aliphatic heterocycles. The first-order valence-corrected chi connectivity index (χ1v) is 6.89. The molecule has 0 bridgehead atoms. The molecule has 0 aliphatic carbocycles. The second kappa shape index (κ2) is 4.89. The highest BCUT2D eigenvalue weighted by atomic mass is 32.1. The summed E-state index contributed by atoms with van der Waals surface area (Å²) < 4.78 is 7.20. The van der Waals surface area contributed by atoms with Crippen LogP contribution in [0.25, 0.3) is 11.0 Å². The third kappa shape index (κ3) is 2.26. The van der Waals surface area contributed by atoms with E-state index in [-0.39, 0.29) is 0 Å². The van der Waals surface area contributed by atoms with Gasteiger partial charge in [0, 0.05) is 24.4 Å². The van der Waals surface area contributed by atoms with Crippen molar-refractivity contribution in [2.45, 2.75) is 13.0 Å². The van der Waals surface area contributed by atoms with E-state index >= 15 is 0 Å². The van der Waals surface area contributed by atoms with Crippen molar-refractivity contribution >= 4 is 28.3 Å². The van der Waals surface area contributed by atoms with Gasteiger partial charge >= 0.3 is 0 Å². The molecule has 3 aromatic rings. The number of fused-ring (bicyclic) bond motifs is 1. The Morgan fingerprint density at radius 3 is 3.05 bits per heavy atom. The highest BCUT2D eigenvalue weighted by Crippen LogP contribution is 2.23. The zero-order valence-corrected chi connectivity index (χ0v) is 11.4. The van der Waals surface area contributed by atoms with E-state index in [1.165, 1.54) is 0 Å². The van der Waals surface area contributed by atoms with E-state index < -0.39 is 0 Å². The van der Waals surface area contributed by atoms with Crippen LogP contribution in [0.15, 0.2) is 29.1 Å². The third-order valence-corrected chi connectivity index (χ3v) is 3.70. The molecule has 0 fully saturated rings. The number of hydrogen-bond acceptors (Lipinski definition) is 5. The van der Waals surface area contributed by atoms with E-state index in [0.717, 1.165) is 35.4 Å². The molecule has 2 aromatic heterocycles. The number of nitrogens with two attached hydrogens (primary N) is 1. The van der Waals surface area contributed by atoms with E-state index in [1.54, 1.807) is 18.4 Å². The van der Waals surface area contributed by atoms with Gasteiger partial charge in [0.1, 0.15) is 5.75 Å². The number of anilines is 1. The molecule has 0 amide bonds. The van der Waals surface area contributed by atoms with Crippen LogP contribution < -0.4 is 10.5 Å². The van der Waals surface area contributed by atoms with E-state index in [9.17, 15) is 0 Å². The number of nitrogens with zero attached hydrogens (tertiary/aromatic N) is 3. The number of ether oxygens (including phenoxy) is 1. The molecule has 98 valence electrons. The predicted molar refractivity (Wildman–Crippen MR) is 76.5 cm³/mol. The lowest BCUT2D eigenvalue weighted by atomic mass is 10.3. The van der Waals surface area contributed by atoms with E-state index in [4.69, 9.17) is 10.5 Å². The maximum Gasteiger partial charge on any atom is 0.201 e. The van der Waals surface area contributed by atoms with Crippen LogP contribution in [0.5, 0.6) is 5.75 Å². The second-order valence-corrected chi connectivity index (χ2v) is 4.92. The number of aryl methyl sites for hydroxylation is 2. The van der Waals surface area contributed by atoms with Crippen molar-refractivity contribution < 1.29 is 4.74 Å². The van der Waals surface area contributed by atoms with Crippen LogP contribution >= 0.6 is 11.3 Å². The van der Waals surface area contributed by atoms with Crippen molar-refractivity contribution in [2.24, 2.45) is 0 Å². The molecular weight excluding hydrogens is 260 g/mol. The van der Waals surface area contributed by atoms with Gasteiger partial charge in [-0.25, -0.2) is 9.97 Å². The van der Waals surface area contributed by atoms with Crippen molar-refractivity contribution in [2.75, 3.05) is 12.8 Å². The molecule has 0 saturated heterocycles. The molecule has 1 aromatic carbocycles. The first-order chi connectivity index (χ1) is 9.28. The van der Waals surface area contributed by atoms with Crippen molar-refractivity contribution in [1.29, 1.82) is 0 Å². The molecule has 0 unspecified atom stereocenters. The Morgan fingerprint density at radius 1 is 1.42 bits per heavy atom. The Balaban J connectivity index is 1.92. The summed E-state index contributed by atoms with van der Waals surface area (Å²) in [5.41, 5.74) is 10.8. The summed E-state index contributed by atoms with van der Waals surface area (Å²) in [6.07, 6.45) is 0.852. The molecule has 0 aliphatic rings. The number of rotatable bonds is 4. The van der Waals surface area contributed by atoms with Gasteiger partial charge in [-0.15, -0.1) is 11.3 Å². The number of imidazole rings is 1. The average Bonchev–Trinajstić information content (AvgIpc) is 3.02. The highest BCUT2D eigenvalue weighted by Gasteiger charge is 2.09. The van der Waals surface area contributed by atoms with Crippen LogP contribution in [0.4, 0.5) is 5.95 Å². The molecule has 5 nitrogen and oxygen atoms in total. The number of benzene rings is 1. The van der Waals surface area contributed by atoms with Gasteiger partial charge in [0.15, 0.2) is 0 Å². The summed E-state index contributed by atoms with van der Waals surface area (Å²) in [6, 6.07) is 5.80. The van der Waals surface area contributed by atoms with Gasteiger partial charge in [-0.05, 0) is 12.1 Å². The summed E-state index contributed by atoms with van der Waals surface area (Å²) in [4.78, 5) is 8.64. The lowest BCUT2D eigenvalue weighted by Crippen LogP contribution is -2.05. The molecular formula is C13H14N4OS. The summed E-state index contributed by atoms with van der Waals surface area (Å²) in [6.45, 7) is 0.776. The molecule has 0 atom stereocenters. The number of thiazole rings is 1. The van der Waals surface area contributed by atoms with Gasteiger partial charge in [0.2, 0.25) is 5.95 Å². The first-order valence-electron chi connectivity index (χ1n) is 5.95. The fourth-order valence-electron chi connectivity index (χ4n) is 2.08. The summed E-state index contributed by atoms with van der Waals surface area (Å²) in [5, 5.41) is 2.05. The van der Waals surface area contributed by atoms with Crippen molar-refractivity contribution in [3.63, 3.8) is 0 Å². The zero-order chi connectivity index (χ0) is 13.2. The zero-order valence-electron chi connectivity index (χ0n) is 10.5. The number of methoxy groups -OCH3 is 1. The van der Waals surface area contributed by atoms with Crippen LogP contribution in [-0.4, -0.2) is 21.6 Å².